The summed E-state index contributed by atoms with van der Waals surface area (Å²) >= 11 is 1.65. The van der Waals surface area contributed by atoms with E-state index in [1.54, 1.807) is 34.6 Å². The molecule has 8 heteroatoms. The highest BCUT2D eigenvalue weighted by atomic mass is 32.2. The van der Waals surface area contributed by atoms with E-state index in [0.29, 0.717) is 19.5 Å². The molecule has 1 N–H and O–H groups in total. The number of carbonyl (C=O) groups excluding carboxylic acids is 3. The van der Waals surface area contributed by atoms with Crippen LogP contribution in [-0.4, -0.2) is 81.1 Å². The molecule has 3 saturated heterocycles. The Morgan fingerprint density at radius 3 is 2.65 bits per heavy atom. The van der Waals surface area contributed by atoms with Crippen molar-refractivity contribution in [2.75, 3.05) is 26.3 Å². The molecule has 3 rings (SSSR count). The number of unbranched alkanes of at least 4 members (excludes halogenated alkanes) is 1. The van der Waals surface area contributed by atoms with Gasteiger partial charge in [0.25, 0.3) is 0 Å². The topological polar surface area (TPSA) is 87.2 Å². The minimum absolute atomic E-state index is 0.0263. The lowest BCUT2D eigenvalue weighted by Crippen LogP contribution is -2.59. The zero-order chi connectivity index (χ0) is 25.2. The Kier molecular flexibility index (Phi) is 8.77. The summed E-state index contributed by atoms with van der Waals surface area (Å²) in [6.45, 7) is 15.0. The van der Waals surface area contributed by atoms with Crippen molar-refractivity contribution in [2.45, 2.75) is 82.4 Å². The van der Waals surface area contributed by atoms with E-state index in [9.17, 15) is 19.5 Å². The van der Waals surface area contributed by atoms with Crippen LogP contribution in [0.4, 0.5) is 0 Å². The van der Waals surface area contributed by atoms with Gasteiger partial charge in [-0.1, -0.05) is 40.2 Å². The van der Waals surface area contributed by atoms with E-state index in [4.69, 9.17) is 4.74 Å². The van der Waals surface area contributed by atoms with Gasteiger partial charge in [-0.3, -0.25) is 14.4 Å². The predicted octanol–water partition coefficient (Wildman–Crippen LogP) is 3.11. The fraction of sp³-hybridized carbons (Fsp3) is 0.808. The lowest BCUT2D eigenvalue weighted by Gasteiger charge is -2.42. The standard InChI is InChI=1S/C26H42N2O5S/c1-7-10-12-27(11-8-2)24(31)22-26-17(6)14-19(34-26)20(25(32)33-9-3)21(26)23(30)28(22)18(15-29)13-16(4)5/h8,16-22,29H,2,7,9-15H2,1,3-6H3/t17?,18-,19-,20+,21+,22?,26?/m1/s1. The fourth-order valence-electron chi connectivity index (χ4n) is 6.43. The number of likely N-dealkylation sites (tertiary alicyclic amines) is 1. The van der Waals surface area contributed by atoms with Crippen molar-refractivity contribution in [1.29, 1.82) is 0 Å². The quantitative estimate of drug-likeness (QED) is 0.331. The number of hydrogen-bond acceptors (Lipinski definition) is 6. The summed E-state index contributed by atoms with van der Waals surface area (Å²) in [5.41, 5.74) is 0. The number of fused-ring (bicyclic) bond motifs is 1. The van der Waals surface area contributed by atoms with Crippen LogP contribution in [0.3, 0.4) is 0 Å². The molecule has 0 aliphatic carbocycles. The first-order chi connectivity index (χ1) is 16.2. The van der Waals surface area contributed by atoms with Crippen molar-refractivity contribution in [3.63, 3.8) is 0 Å². The number of rotatable bonds is 12. The van der Waals surface area contributed by atoms with Gasteiger partial charge in [0.15, 0.2) is 0 Å². The van der Waals surface area contributed by atoms with E-state index in [1.807, 2.05) is 0 Å². The van der Waals surface area contributed by atoms with Gasteiger partial charge < -0.3 is 19.6 Å². The Hall–Kier alpha value is -1.54. The minimum atomic E-state index is -0.706. The molecule has 3 aliphatic rings. The Bertz CT molecular complexity index is 789. The van der Waals surface area contributed by atoms with Gasteiger partial charge in [-0.2, -0.15) is 0 Å². The van der Waals surface area contributed by atoms with Gasteiger partial charge in [0, 0.05) is 18.3 Å². The maximum Gasteiger partial charge on any atom is 0.310 e. The van der Waals surface area contributed by atoms with Crippen LogP contribution in [0.1, 0.15) is 60.3 Å². The summed E-state index contributed by atoms with van der Waals surface area (Å²) in [4.78, 5) is 44.9. The first-order valence-corrected chi connectivity index (χ1v) is 13.7. The molecule has 0 aromatic heterocycles. The summed E-state index contributed by atoms with van der Waals surface area (Å²) in [5, 5.41) is 10.3. The number of nitrogens with zero attached hydrogens (tertiary/aromatic N) is 2. The number of carbonyl (C=O) groups is 3. The maximum absolute atomic E-state index is 14.2. The molecular formula is C26H42N2O5S. The van der Waals surface area contributed by atoms with E-state index < -0.39 is 28.7 Å². The van der Waals surface area contributed by atoms with Gasteiger partial charge in [0.05, 0.1) is 35.8 Å². The number of aliphatic hydroxyl groups excluding tert-OH is 1. The van der Waals surface area contributed by atoms with Gasteiger partial charge >= 0.3 is 5.97 Å². The molecule has 3 fully saturated rings. The molecule has 7 atom stereocenters. The molecule has 192 valence electrons. The summed E-state index contributed by atoms with van der Waals surface area (Å²) in [7, 11) is 0. The Morgan fingerprint density at radius 1 is 1.38 bits per heavy atom. The Morgan fingerprint density at radius 2 is 2.09 bits per heavy atom. The third kappa shape index (κ3) is 4.41. The fourth-order valence-corrected chi connectivity index (χ4v) is 8.82. The molecule has 3 aliphatic heterocycles. The molecule has 0 aromatic rings. The third-order valence-electron chi connectivity index (χ3n) is 7.77. The van der Waals surface area contributed by atoms with E-state index in [0.717, 1.165) is 19.3 Å². The van der Waals surface area contributed by atoms with Crippen LogP contribution >= 0.6 is 11.8 Å². The normalized spacial score (nSPS) is 32.7. The lowest BCUT2D eigenvalue weighted by atomic mass is 9.66. The van der Waals surface area contributed by atoms with Gasteiger partial charge in [-0.05, 0) is 38.0 Å². The number of amides is 2. The van der Waals surface area contributed by atoms with Crippen LogP contribution in [0, 0.1) is 23.7 Å². The number of aliphatic hydroxyl groups is 1. The Balaban J connectivity index is 2.11. The molecule has 3 heterocycles. The minimum Gasteiger partial charge on any atom is -0.466 e. The second-order valence-corrected chi connectivity index (χ2v) is 12.0. The zero-order valence-electron chi connectivity index (χ0n) is 21.4. The average molecular weight is 495 g/mol. The van der Waals surface area contributed by atoms with Crippen LogP contribution in [0.5, 0.6) is 0 Å². The summed E-state index contributed by atoms with van der Waals surface area (Å²) in [6.07, 6.45) is 4.92. The van der Waals surface area contributed by atoms with Gasteiger partial charge in [0.2, 0.25) is 11.8 Å². The highest BCUT2D eigenvalue weighted by molar-refractivity contribution is 8.02. The van der Waals surface area contributed by atoms with Crippen LogP contribution in [0.2, 0.25) is 0 Å². The van der Waals surface area contributed by atoms with Crippen molar-refractivity contribution in [3.05, 3.63) is 12.7 Å². The summed E-state index contributed by atoms with van der Waals surface area (Å²) in [6, 6.07) is -1.17. The average Bonchev–Trinajstić information content (AvgIpc) is 3.38. The first kappa shape index (κ1) is 27.1. The maximum atomic E-state index is 14.2. The van der Waals surface area contributed by atoms with E-state index in [1.165, 1.54) is 0 Å². The first-order valence-electron chi connectivity index (χ1n) is 12.9. The predicted molar refractivity (Wildman–Crippen MR) is 134 cm³/mol. The van der Waals surface area contributed by atoms with Crippen molar-refractivity contribution >= 4 is 29.5 Å². The second kappa shape index (κ2) is 11.0. The molecule has 2 amide bonds. The van der Waals surface area contributed by atoms with E-state index in [2.05, 4.69) is 34.3 Å². The number of hydrogen-bond donors (Lipinski definition) is 1. The molecule has 0 saturated carbocycles. The van der Waals surface area contributed by atoms with Gasteiger partial charge in [-0.15, -0.1) is 18.3 Å². The number of thioether (sulfide) groups is 1. The van der Waals surface area contributed by atoms with Crippen molar-refractivity contribution in [3.8, 4) is 0 Å². The van der Waals surface area contributed by atoms with E-state index >= 15 is 0 Å². The SMILES string of the molecule is C=CCN(CCCC)C(=O)C1N([C@@H](CO)CC(C)C)C(=O)[C@@H]2[C@@H](C(=O)OCC)[C@H]3CC(C)C12S3. The van der Waals surface area contributed by atoms with E-state index in [-0.39, 0.29) is 48.1 Å². The molecule has 2 bridgehead atoms. The zero-order valence-corrected chi connectivity index (χ0v) is 22.2. The molecule has 0 aromatic carbocycles. The monoisotopic (exact) mass is 494 g/mol. The highest BCUT2D eigenvalue weighted by Crippen LogP contribution is 2.69. The molecule has 3 unspecified atom stereocenters. The van der Waals surface area contributed by atoms with Crippen LogP contribution in [0.15, 0.2) is 12.7 Å². The number of esters is 1. The third-order valence-corrected chi connectivity index (χ3v) is 9.84. The number of ether oxygens (including phenoxy) is 1. The van der Waals surface area contributed by atoms with Crippen molar-refractivity contribution in [1.82, 2.24) is 9.80 Å². The van der Waals surface area contributed by atoms with Crippen molar-refractivity contribution < 1.29 is 24.2 Å². The Labute approximate surface area is 208 Å². The molecule has 7 nitrogen and oxygen atoms in total. The lowest BCUT2D eigenvalue weighted by molar-refractivity contribution is -0.154. The summed E-state index contributed by atoms with van der Waals surface area (Å²) < 4.78 is 4.72. The van der Waals surface area contributed by atoms with Crippen LogP contribution < -0.4 is 0 Å². The largest absolute Gasteiger partial charge is 0.466 e. The van der Waals surface area contributed by atoms with Gasteiger partial charge in [0.1, 0.15) is 6.04 Å². The summed E-state index contributed by atoms with van der Waals surface area (Å²) in [5.74, 6) is -1.41. The molecule has 1 spiro atoms. The van der Waals surface area contributed by atoms with Crippen LogP contribution in [-0.2, 0) is 19.1 Å². The van der Waals surface area contributed by atoms with Crippen LogP contribution in [0.25, 0.3) is 0 Å². The van der Waals surface area contributed by atoms with Crippen molar-refractivity contribution in [2.24, 2.45) is 23.7 Å². The van der Waals surface area contributed by atoms with Gasteiger partial charge in [-0.25, -0.2) is 0 Å². The smallest absolute Gasteiger partial charge is 0.310 e. The molecular weight excluding hydrogens is 452 g/mol. The molecule has 0 radical (unpaired) electrons. The molecule has 34 heavy (non-hydrogen) atoms. The second-order valence-electron chi connectivity index (χ2n) is 10.4. The highest BCUT2D eigenvalue weighted by Gasteiger charge is 2.77.